The van der Waals surface area contributed by atoms with E-state index in [4.69, 9.17) is 5.73 Å². The molecule has 0 saturated heterocycles. The predicted molar refractivity (Wildman–Crippen MR) is 56.7 cm³/mol. The zero-order chi connectivity index (χ0) is 7.98. The number of thioether (sulfide) groups is 1. The Bertz CT molecular complexity index is 115. The van der Waals surface area contributed by atoms with Crippen LogP contribution in [0.5, 0.6) is 0 Å². The molecule has 4 heteroatoms. The maximum absolute atomic E-state index is 5.55. The summed E-state index contributed by atoms with van der Waals surface area (Å²) in [4.78, 5) is 4.17. The van der Waals surface area contributed by atoms with Gasteiger partial charge in [0.25, 0.3) is 0 Å². The standard InChI is InChI=1S/C7H16N2S.ClH/c1-4-10-7(8)9-5-6(2)3;/h6H,4-5H2,1-3H3,(H2,8,9);1H. The average molecular weight is 197 g/mol. The molecule has 2 nitrogen and oxygen atoms in total. The molecular weight excluding hydrogens is 180 g/mol. The van der Waals surface area contributed by atoms with Crippen LogP contribution in [0.3, 0.4) is 0 Å². The molecule has 0 amide bonds. The SMILES string of the molecule is CCSC(N)=NCC(C)C.Cl. The van der Waals surface area contributed by atoms with Crippen molar-refractivity contribution in [1.29, 1.82) is 0 Å². The fourth-order valence-electron chi connectivity index (χ4n) is 0.466. The Balaban J connectivity index is 0. The molecule has 0 heterocycles. The second-order valence-corrected chi connectivity index (χ2v) is 3.79. The fourth-order valence-corrected chi connectivity index (χ4v) is 0.928. The molecule has 2 N–H and O–H groups in total. The molecule has 0 radical (unpaired) electrons. The Morgan fingerprint density at radius 2 is 2.09 bits per heavy atom. The molecule has 0 bridgehead atoms. The summed E-state index contributed by atoms with van der Waals surface area (Å²) in [6.07, 6.45) is 0. The van der Waals surface area contributed by atoms with Gasteiger partial charge in [0.05, 0.1) is 0 Å². The summed E-state index contributed by atoms with van der Waals surface area (Å²) in [7, 11) is 0. The second kappa shape index (κ2) is 8.21. The summed E-state index contributed by atoms with van der Waals surface area (Å²) >= 11 is 1.60. The number of rotatable bonds is 3. The van der Waals surface area contributed by atoms with Gasteiger partial charge in [0, 0.05) is 6.54 Å². The first-order chi connectivity index (χ1) is 4.66. The lowest BCUT2D eigenvalue weighted by Crippen LogP contribution is -2.09. The van der Waals surface area contributed by atoms with Crippen LogP contribution in [0, 0.1) is 5.92 Å². The van der Waals surface area contributed by atoms with Crippen LogP contribution >= 0.6 is 24.2 Å². The van der Waals surface area contributed by atoms with E-state index in [-0.39, 0.29) is 12.4 Å². The van der Waals surface area contributed by atoms with Crippen LogP contribution in [-0.2, 0) is 0 Å². The van der Waals surface area contributed by atoms with Crippen LogP contribution in [0.1, 0.15) is 20.8 Å². The molecule has 0 aromatic rings. The van der Waals surface area contributed by atoms with E-state index >= 15 is 0 Å². The Morgan fingerprint density at radius 1 is 1.55 bits per heavy atom. The van der Waals surface area contributed by atoms with Gasteiger partial charge in [-0.15, -0.1) is 12.4 Å². The Morgan fingerprint density at radius 3 is 2.45 bits per heavy atom. The van der Waals surface area contributed by atoms with Crippen molar-refractivity contribution in [3.05, 3.63) is 0 Å². The lowest BCUT2D eigenvalue weighted by atomic mass is 10.2. The number of hydrogen-bond acceptors (Lipinski definition) is 2. The van der Waals surface area contributed by atoms with E-state index in [9.17, 15) is 0 Å². The molecule has 11 heavy (non-hydrogen) atoms. The third-order valence-electron chi connectivity index (χ3n) is 0.904. The molecule has 68 valence electrons. The largest absolute Gasteiger partial charge is 0.379 e. The van der Waals surface area contributed by atoms with Crippen LogP contribution < -0.4 is 5.73 Å². The molecule has 0 aliphatic heterocycles. The molecule has 0 fully saturated rings. The third-order valence-corrected chi connectivity index (χ3v) is 1.62. The van der Waals surface area contributed by atoms with Crippen LogP contribution in [-0.4, -0.2) is 17.5 Å². The van der Waals surface area contributed by atoms with Gasteiger partial charge in [-0.25, -0.2) is 0 Å². The van der Waals surface area contributed by atoms with Crippen molar-refractivity contribution in [2.75, 3.05) is 12.3 Å². The molecule has 0 unspecified atom stereocenters. The van der Waals surface area contributed by atoms with Gasteiger partial charge >= 0.3 is 0 Å². The fraction of sp³-hybridized carbons (Fsp3) is 0.857. The molecule has 0 atom stereocenters. The molecular formula is C7H17ClN2S. The number of halogens is 1. The van der Waals surface area contributed by atoms with E-state index in [0.29, 0.717) is 5.92 Å². The summed E-state index contributed by atoms with van der Waals surface area (Å²) in [6, 6.07) is 0. The normalized spacial score (nSPS) is 11.5. The molecule has 0 spiro atoms. The van der Waals surface area contributed by atoms with Crippen LogP contribution in [0.25, 0.3) is 0 Å². The van der Waals surface area contributed by atoms with Gasteiger partial charge in [0.2, 0.25) is 0 Å². The van der Waals surface area contributed by atoms with E-state index in [0.717, 1.165) is 17.5 Å². The number of nitrogens with two attached hydrogens (primary N) is 1. The minimum Gasteiger partial charge on any atom is -0.379 e. The smallest absolute Gasteiger partial charge is 0.153 e. The van der Waals surface area contributed by atoms with Gasteiger partial charge < -0.3 is 5.73 Å². The Labute approximate surface area is 79.4 Å². The van der Waals surface area contributed by atoms with Crippen molar-refractivity contribution in [1.82, 2.24) is 0 Å². The summed E-state index contributed by atoms with van der Waals surface area (Å²) in [6.45, 7) is 7.18. The van der Waals surface area contributed by atoms with E-state index in [1.165, 1.54) is 0 Å². The van der Waals surface area contributed by atoms with Gasteiger partial charge in [-0.3, -0.25) is 4.99 Å². The van der Waals surface area contributed by atoms with E-state index in [1.54, 1.807) is 11.8 Å². The van der Waals surface area contributed by atoms with Gasteiger partial charge in [0.1, 0.15) is 0 Å². The summed E-state index contributed by atoms with van der Waals surface area (Å²) in [5.41, 5.74) is 5.55. The number of aliphatic imine (C=N–C) groups is 1. The Hall–Kier alpha value is 0.110. The van der Waals surface area contributed by atoms with Crippen molar-refractivity contribution in [3.63, 3.8) is 0 Å². The number of nitrogens with zero attached hydrogens (tertiary/aromatic N) is 1. The molecule has 0 aromatic heterocycles. The summed E-state index contributed by atoms with van der Waals surface area (Å²) in [5, 5.41) is 0.719. The minimum atomic E-state index is 0. The van der Waals surface area contributed by atoms with Crippen molar-refractivity contribution < 1.29 is 0 Å². The number of hydrogen-bond donors (Lipinski definition) is 1. The van der Waals surface area contributed by atoms with Gasteiger partial charge in [0.15, 0.2) is 5.17 Å². The first kappa shape index (κ1) is 13.7. The van der Waals surface area contributed by atoms with Gasteiger partial charge in [-0.1, -0.05) is 32.5 Å². The van der Waals surface area contributed by atoms with Crippen molar-refractivity contribution in [2.24, 2.45) is 16.6 Å². The first-order valence-corrected chi connectivity index (χ1v) is 4.58. The number of amidine groups is 1. The van der Waals surface area contributed by atoms with Gasteiger partial charge in [-0.05, 0) is 11.7 Å². The lowest BCUT2D eigenvalue weighted by molar-refractivity contribution is 0.666. The third kappa shape index (κ3) is 10.1. The topological polar surface area (TPSA) is 38.4 Å². The second-order valence-electron chi connectivity index (χ2n) is 2.51. The summed E-state index contributed by atoms with van der Waals surface area (Å²) < 4.78 is 0. The van der Waals surface area contributed by atoms with Crippen LogP contribution in [0.2, 0.25) is 0 Å². The van der Waals surface area contributed by atoms with Crippen LogP contribution in [0.15, 0.2) is 4.99 Å². The maximum atomic E-state index is 5.55. The molecule has 0 aromatic carbocycles. The molecule has 0 saturated carbocycles. The Kier molecular flexibility index (Phi) is 10.2. The molecule has 0 aliphatic rings. The van der Waals surface area contributed by atoms with Gasteiger partial charge in [-0.2, -0.15) is 0 Å². The minimum absolute atomic E-state index is 0. The highest BCUT2D eigenvalue weighted by atomic mass is 35.5. The molecule has 0 aliphatic carbocycles. The van der Waals surface area contributed by atoms with Crippen LogP contribution in [0.4, 0.5) is 0 Å². The van der Waals surface area contributed by atoms with E-state index in [1.807, 2.05) is 0 Å². The highest BCUT2D eigenvalue weighted by Crippen LogP contribution is 1.99. The maximum Gasteiger partial charge on any atom is 0.153 e. The highest BCUT2D eigenvalue weighted by molar-refractivity contribution is 8.13. The monoisotopic (exact) mass is 196 g/mol. The quantitative estimate of drug-likeness (QED) is 0.555. The average Bonchev–Trinajstić information content (AvgIpc) is 1.85. The predicted octanol–water partition coefficient (Wildman–Crippen LogP) is 2.13. The van der Waals surface area contributed by atoms with Crippen molar-refractivity contribution in [3.8, 4) is 0 Å². The van der Waals surface area contributed by atoms with E-state index < -0.39 is 0 Å². The molecule has 0 rings (SSSR count). The van der Waals surface area contributed by atoms with Crippen molar-refractivity contribution >= 4 is 29.3 Å². The van der Waals surface area contributed by atoms with Crippen molar-refractivity contribution in [2.45, 2.75) is 20.8 Å². The van der Waals surface area contributed by atoms with E-state index in [2.05, 4.69) is 25.8 Å². The summed E-state index contributed by atoms with van der Waals surface area (Å²) in [5.74, 6) is 1.61. The zero-order valence-electron chi connectivity index (χ0n) is 7.33. The first-order valence-electron chi connectivity index (χ1n) is 3.59. The lowest BCUT2D eigenvalue weighted by Gasteiger charge is -1.99. The highest BCUT2D eigenvalue weighted by Gasteiger charge is 1.92. The zero-order valence-corrected chi connectivity index (χ0v) is 8.97.